The number of hydrazine groups is 1. The highest BCUT2D eigenvalue weighted by Gasteiger charge is 2.07. The lowest BCUT2D eigenvalue weighted by Gasteiger charge is -2.17. The summed E-state index contributed by atoms with van der Waals surface area (Å²) in [6, 6.07) is 0. The quantitative estimate of drug-likeness (QED) is 0.325. The number of nitrogens with two attached hydrogens (primary N) is 1. The topological polar surface area (TPSA) is 53.6 Å². The summed E-state index contributed by atoms with van der Waals surface area (Å²) in [6.45, 7) is 5.99. The minimum absolute atomic E-state index is 0.118. The van der Waals surface area contributed by atoms with Crippen LogP contribution in [0.15, 0.2) is 4.99 Å². The predicted molar refractivity (Wildman–Crippen MR) is 48.2 cm³/mol. The Morgan fingerprint density at radius 3 is 2.09 bits per heavy atom. The van der Waals surface area contributed by atoms with Crippen molar-refractivity contribution in [1.82, 2.24) is 10.4 Å². The average molecular weight is 158 g/mol. The Bertz CT molecular complexity index is 143. The Kier molecular flexibility index (Phi) is 3.32. The number of guanidine groups is 1. The fraction of sp³-hybridized carbons (Fsp3) is 0.857. The van der Waals surface area contributed by atoms with Crippen LogP contribution in [0.25, 0.3) is 0 Å². The fourth-order valence-electron chi connectivity index (χ4n) is 0.615. The average Bonchev–Trinajstić information content (AvgIpc) is 1.53. The third-order valence-electron chi connectivity index (χ3n) is 0.794. The van der Waals surface area contributed by atoms with E-state index in [0.29, 0.717) is 5.96 Å². The third-order valence-corrected chi connectivity index (χ3v) is 0.794. The van der Waals surface area contributed by atoms with Crippen LogP contribution in [-0.4, -0.2) is 30.6 Å². The normalized spacial score (nSPS) is 13.8. The molecular formula is C7H18N4. The van der Waals surface area contributed by atoms with E-state index in [0.717, 1.165) is 0 Å². The van der Waals surface area contributed by atoms with E-state index in [9.17, 15) is 0 Å². The highest BCUT2D eigenvalue weighted by molar-refractivity contribution is 5.77. The van der Waals surface area contributed by atoms with E-state index in [1.807, 2.05) is 34.9 Å². The molecule has 0 aliphatic rings. The molecule has 0 saturated heterocycles. The van der Waals surface area contributed by atoms with Crippen LogP contribution in [0.1, 0.15) is 20.8 Å². The van der Waals surface area contributed by atoms with Crippen LogP contribution in [0.2, 0.25) is 0 Å². The second-order valence-electron chi connectivity index (χ2n) is 3.67. The van der Waals surface area contributed by atoms with Gasteiger partial charge in [-0.2, -0.15) is 0 Å². The number of hydrogen-bond donors (Lipinski definition) is 2. The first-order chi connectivity index (χ1) is 4.81. The van der Waals surface area contributed by atoms with Gasteiger partial charge in [0.25, 0.3) is 0 Å². The molecule has 4 heteroatoms. The molecule has 0 aliphatic carbocycles. The third kappa shape index (κ3) is 7.12. The molecule has 0 aromatic carbocycles. The Morgan fingerprint density at radius 1 is 1.36 bits per heavy atom. The molecule has 0 atom stereocenters. The van der Waals surface area contributed by atoms with Crippen molar-refractivity contribution in [2.45, 2.75) is 26.3 Å². The smallest absolute Gasteiger partial charge is 0.203 e. The lowest BCUT2D eigenvalue weighted by Crippen LogP contribution is -2.42. The van der Waals surface area contributed by atoms with Crippen LogP contribution in [-0.2, 0) is 0 Å². The van der Waals surface area contributed by atoms with E-state index < -0.39 is 0 Å². The zero-order valence-corrected chi connectivity index (χ0v) is 7.97. The van der Waals surface area contributed by atoms with E-state index in [1.165, 1.54) is 0 Å². The van der Waals surface area contributed by atoms with Gasteiger partial charge in [0.05, 0.1) is 5.54 Å². The van der Waals surface area contributed by atoms with Crippen LogP contribution in [0, 0.1) is 0 Å². The van der Waals surface area contributed by atoms with E-state index in [2.05, 4.69) is 10.4 Å². The van der Waals surface area contributed by atoms with Gasteiger partial charge in [-0.15, -0.1) is 0 Å². The molecule has 0 aromatic rings. The molecule has 0 heterocycles. The maximum absolute atomic E-state index is 5.56. The zero-order chi connectivity index (χ0) is 9.07. The standard InChI is InChI=1S/C7H18N4/c1-7(2,3)9-6(8)10-11(4)5/h1-5H3,(H3,8,9,10). The largest absolute Gasteiger partial charge is 0.369 e. The molecule has 0 bridgehead atoms. The Labute approximate surface area is 68.4 Å². The zero-order valence-electron chi connectivity index (χ0n) is 7.97. The second kappa shape index (κ2) is 3.57. The van der Waals surface area contributed by atoms with Crippen molar-refractivity contribution in [3.8, 4) is 0 Å². The van der Waals surface area contributed by atoms with Crippen molar-refractivity contribution in [2.75, 3.05) is 14.1 Å². The van der Waals surface area contributed by atoms with E-state index in [-0.39, 0.29) is 5.54 Å². The SMILES string of the molecule is CN(C)NC(N)=NC(C)(C)C. The van der Waals surface area contributed by atoms with Crippen LogP contribution >= 0.6 is 0 Å². The molecule has 0 radical (unpaired) electrons. The summed E-state index contributed by atoms with van der Waals surface area (Å²) >= 11 is 0. The van der Waals surface area contributed by atoms with Gasteiger partial charge < -0.3 is 5.73 Å². The number of aliphatic imine (C=N–C) groups is 1. The first-order valence-corrected chi connectivity index (χ1v) is 3.60. The summed E-state index contributed by atoms with van der Waals surface area (Å²) in [5, 5.41) is 1.75. The molecule has 0 aliphatic heterocycles. The van der Waals surface area contributed by atoms with Crippen molar-refractivity contribution < 1.29 is 0 Å². The summed E-state index contributed by atoms with van der Waals surface area (Å²) < 4.78 is 0. The number of nitrogens with one attached hydrogen (secondary N) is 1. The highest BCUT2D eigenvalue weighted by Crippen LogP contribution is 2.04. The fourth-order valence-corrected chi connectivity index (χ4v) is 0.615. The molecule has 4 nitrogen and oxygen atoms in total. The first kappa shape index (κ1) is 10.2. The maximum Gasteiger partial charge on any atom is 0.203 e. The van der Waals surface area contributed by atoms with Crippen molar-refractivity contribution in [3.63, 3.8) is 0 Å². The molecule has 0 spiro atoms. The highest BCUT2D eigenvalue weighted by atomic mass is 15.5. The predicted octanol–water partition coefficient (Wildman–Crippen LogP) is 0.166. The molecule has 0 fully saturated rings. The van der Waals surface area contributed by atoms with E-state index in [1.54, 1.807) is 5.01 Å². The van der Waals surface area contributed by atoms with E-state index >= 15 is 0 Å². The van der Waals surface area contributed by atoms with Crippen molar-refractivity contribution >= 4 is 5.96 Å². The molecule has 0 amide bonds. The van der Waals surface area contributed by atoms with Crippen LogP contribution < -0.4 is 11.2 Å². The van der Waals surface area contributed by atoms with Crippen LogP contribution in [0.4, 0.5) is 0 Å². The van der Waals surface area contributed by atoms with Gasteiger partial charge >= 0.3 is 0 Å². The minimum Gasteiger partial charge on any atom is -0.369 e. The Morgan fingerprint density at radius 2 is 1.82 bits per heavy atom. The van der Waals surface area contributed by atoms with Gasteiger partial charge in [-0.05, 0) is 20.8 Å². The summed E-state index contributed by atoms with van der Waals surface area (Å²) in [6.07, 6.45) is 0. The van der Waals surface area contributed by atoms with Gasteiger partial charge in [0.1, 0.15) is 0 Å². The molecule has 0 unspecified atom stereocenters. The van der Waals surface area contributed by atoms with E-state index in [4.69, 9.17) is 5.73 Å². The van der Waals surface area contributed by atoms with Gasteiger partial charge in [-0.1, -0.05) is 0 Å². The van der Waals surface area contributed by atoms with Gasteiger partial charge in [-0.25, -0.2) is 10.0 Å². The lowest BCUT2D eigenvalue weighted by molar-refractivity contribution is 0.357. The summed E-state index contributed by atoms with van der Waals surface area (Å²) in [5.74, 6) is 0.447. The molecular weight excluding hydrogens is 140 g/mol. The number of hydrogen-bond acceptors (Lipinski definition) is 2. The number of nitrogens with zero attached hydrogens (tertiary/aromatic N) is 2. The summed E-state index contributed by atoms with van der Waals surface area (Å²) in [7, 11) is 3.73. The van der Waals surface area contributed by atoms with Crippen molar-refractivity contribution in [2.24, 2.45) is 10.7 Å². The molecule has 0 rings (SSSR count). The summed E-state index contributed by atoms with van der Waals surface area (Å²) in [5.41, 5.74) is 8.30. The minimum atomic E-state index is -0.118. The molecule has 11 heavy (non-hydrogen) atoms. The Balaban J connectivity index is 4.01. The number of rotatable bonds is 1. The van der Waals surface area contributed by atoms with Crippen LogP contribution in [0.3, 0.4) is 0 Å². The van der Waals surface area contributed by atoms with Crippen molar-refractivity contribution in [1.29, 1.82) is 0 Å². The maximum atomic E-state index is 5.56. The molecule has 66 valence electrons. The van der Waals surface area contributed by atoms with Crippen molar-refractivity contribution in [3.05, 3.63) is 0 Å². The van der Waals surface area contributed by atoms with Gasteiger partial charge in [0, 0.05) is 14.1 Å². The molecule has 0 aromatic heterocycles. The monoisotopic (exact) mass is 158 g/mol. The Hall–Kier alpha value is -0.770. The molecule has 0 saturated carbocycles. The van der Waals surface area contributed by atoms with Gasteiger partial charge in [-0.3, -0.25) is 5.43 Å². The summed E-state index contributed by atoms with van der Waals surface area (Å²) in [4.78, 5) is 4.19. The first-order valence-electron chi connectivity index (χ1n) is 3.60. The second-order valence-corrected chi connectivity index (χ2v) is 3.67. The molecule has 3 N–H and O–H groups in total. The van der Waals surface area contributed by atoms with Gasteiger partial charge in [0.2, 0.25) is 5.96 Å². The van der Waals surface area contributed by atoms with Crippen LogP contribution in [0.5, 0.6) is 0 Å². The van der Waals surface area contributed by atoms with Gasteiger partial charge in [0.15, 0.2) is 0 Å². The lowest BCUT2D eigenvalue weighted by atomic mass is 10.1.